The molecule has 4 rings (SSSR count). The van der Waals surface area contributed by atoms with Gasteiger partial charge < -0.3 is 15.6 Å². The first-order valence-corrected chi connectivity index (χ1v) is 6.35. The summed E-state index contributed by atoms with van der Waals surface area (Å²) in [6, 6.07) is 0. The quantitative estimate of drug-likeness (QED) is 0.709. The number of halogens is 3. The maximum Gasteiger partial charge on any atom is 0.490 e. The van der Waals surface area contributed by atoms with Crippen LogP contribution in [0.4, 0.5) is 13.2 Å². The zero-order chi connectivity index (χ0) is 14.1. The Labute approximate surface area is 108 Å². The zero-order valence-electron chi connectivity index (χ0n) is 10.3. The van der Waals surface area contributed by atoms with Crippen molar-refractivity contribution in [2.45, 2.75) is 61.4 Å². The third kappa shape index (κ3) is 2.12. The van der Waals surface area contributed by atoms with E-state index in [0.717, 1.165) is 0 Å². The lowest BCUT2D eigenvalue weighted by molar-refractivity contribution is -0.250. The van der Waals surface area contributed by atoms with Crippen LogP contribution in [-0.4, -0.2) is 34.0 Å². The van der Waals surface area contributed by atoms with E-state index in [-0.39, 0.29) is 18.8 Å². The maximum absolute atomic E-state index is 12.4. The highest BCUT2D eigenvalue weighted by molar-refractivity contribution is 5.76. The molecule has 4 unspecified atom stereocenters. The van der Waals surface area contributed by atoms with Crippen LogP contribution in [0.5, 0.6) is 0 Å². The largest absolute Gasteiger partial charge is 0.490 e. The minimum absolute atomic E-state index is 0.0345. The van der Waals surface area contributed by atoms with E-state index in [1.165, 1.54) is 0 Å². The second kappa shape index (κ2) is 3.44. The molecule has 4 aliphatic carbocycles. The van der Waals surface area contributed by atoms with Crippen molar-refractivity contribution in [1.82, 2.24) is 0 Å². The lowest BCUT2D eigenvalue weighted by atomic mass is 9.49. The van der Waals surface area contributed by atoms with Crippen molar-refractivity contribution in [2.75, 3.05) is 0 Å². The number of nitrogens with two attached hydrogens (primary N) is 1. The summed E-state index contributed by atoms with van der Waals surface area (Å²) in [7, 11) is 0. The summed E-state index contributed by atoms with van der Waals surface area (Å²) in [6.07, 6.45) is -2.76. The summed E-state index contributed by atoms with van der Waals surface area (Å²) in [4.78, 5) is 11.1. The summed E-state index contributed by atoms with van der Waals surface area (Å²) < 4.78 is 41.8. The van der Waals surface area contributed by atoms with Crippen LogP contribution in [0.1, 0.15) is 38.5 Å². The Bertz CT molecular complexity index is 418. The van der Waals surface area contributed by atoms with Crippen molar-refractivity contribution < 1.29 is 27.8 Å². The third-order valence-corrected chi connectivity index (χ3v) is 4.57. The van der Waals surface area contributed by atoms with Crippen molar-refractivity contribution in [2.24, 2.45) is 11.7 Å². The molecule has 7 heteroatoms. The smallest absolute Gasteiger partial charge is 0.452 e. The summed E-state index contributed by atoms with van der Waals surface area (Å²) in [5.74, 6) is -2.14. The van der Waals surface area contributed by atoms with Gasteiger partial charge in [0.05, 0.1) is 5.60 Å². The SMILES string of the molecule is NC12CC3CC(O)(C1)CC(OC(=O)C(F)(F)F)(C3)C2. The molecular weight excluding hydrogens is 263 g/mol. The molecule has 0 aliphatic heterocycles. The van der Waals surface area contributed by atoms with E-state index in [0.29, 0.717) is 25.7 Å². The maximum atomic E-state index is 12.4. The van der Waals surface area contributed by atoms with Gasteiger partial charge in [0.2, 0.25) is 0 Å². The van der Waals surface area contributed by atoms with Gasteiger partial charge in [0.15, 0.2) is 0 Å². The number of rotatable bonds is 1. The van der Waals surface area contributed by atoms with E-state index in [9.17, 15) is 23.1 Å². The minimum Gasteiger partial charge on any atom is -0.452 e. The van der Waals surface area contributed by atoms with Crippen LogP contribution in [0.15, 0.2) is 0 Å². The Morgan fingerprint density at radius 1 is 1.21 bits per heavy atom. The topological polar surface area (TPSA) is 72.6 Å². The second-order valence-corrected chi connectivity index (χ2v) is 6.67. The van der Waals surface area contributed by atoms with Crippen LogP contribution in [0.25, 0.3) is 0 Å². The zero-order valence-corrected chi connectivity index (χ0v) is 10.3. The molecule has 0 aromatic rings. The first-order chi connectivity index (χ1) is 8.53. The van der Waals surface area contributed by atoms with Crippen molar-refractivity contribution >= 4 is 5.97 Å². The first kappa shape index (κ1) is 13.2. The van der Waals surface area contributed by atoms with Crippen LogP contribution >= 0.6 is 0 Å². The molecule has 19 heavy (non-hydrogen) atoms. The molecule has 3 N–H and O–H groups in total. The minimum atomic E-state index is -5.01. The van der Waals surface area contributed by atoms with Gasteiger partial charge in [-0.2, -0.15) is 13.2 Å². The molecule has 4 fully saturated rings. The number of aliphatic hydroxyl groups is 1. The Morgan fingerprint density at radius 3 is 2.42 bits per heavy atom. The first-order valence-electron chi connectivity index (χ1n) is 6.35. The fourth-order valence-electron chi connectivity index (χ4n) is 4.74. The Kier molecular flexibility index (Phi) is 2.38. The van der Waals surface area contributed by atoms with Crippen LogP contribution in [0, 0.1) is 5.92 Å². The van der Waals surface area contributed by atoms with E-state index in [2.05, 4.69) is 0 Å². The predicted molar refractivity (Wildman–Crippen MR) is 57.9 cm³/mol. The highest BCUT2D eigenvalue weighted by Crippen LogP contribution is 2.59. The van der Waals surface area contributed by atoms with Gasteiger partial charge in [-0.05, 0) is 31.6 Å². The molecular formula is C12H16F3NO3. The standard InChI is InChI=1S/C12H16F3NO3/c13-12(14,15)8(17)19-11-3-7-1-9(16,5-11)4-10(18,2-7)6-11/h7,18H,1-6,16H2. The third-order valence-electron chi connectivity index (χ3n) is 4.57. The van der Waals surface area contributed by atoms with Gasteiger partial charge in [-0.15, -0.1) is 0 Å². The Hall–Kier alpha value is -0.820. The average Bonchev–Trinajstić information content (AvgIpc) is 2.07. The van der Waals surface area contributed by atoms with Crippen LogP contribution < -0.4 is 5.73 Å². The summed E-state index contributed by atoms with van der Waals surface area (Å²) in [5.41, 5.74) is 3.11. The van der Waals surface area contributed by atoms with Crippen LogP contribution in [-0.2, 0) is 9.53 Å². The van der Waals surface area contributed by atoms with Crippen molar-refractivity contribution in [3.8, 4) is 0 Å². The number of esters is 1. The molecule has 108 valence electrons. The fourth-order valence-corrected chi connectivity index (χ4v) is 4.74. The predicted octanol–water partition coefficient (Wildman–Crippen LogP) is 1.26. The van der Waals surface area contributed by atoms with Gasteiger partial charge in [-0.25, -0.2) is 4.79 Å². The number of hydrogen-bond donors (Lipinski definition) is 2. The molecule has 0 saturated heterocycles. The number of carbonyl (C=O) groups is 1. The van der Waals surface area contributed by atoms with Gasteiger partial charge >= 0.3 is 12.1 Å². The second-order valence-electron chi connectivity index (χ2n) is 6.67. The van der Waals surface area contributed by atoms with Crippen LogP contribution in [0.2, 0.25) is 0 Å². The van der Waals surface area contributed by atoms with Gasteiger partial charge in [0.1, 0.15) is 5.60 Å². The number of hydrogen-bond acceptors (Lipinski definition) is 4. The van der Waals surface area contributed by atoms with E-state index >= 15 is 0 Å². The average molecular weight is 279 g/mol. The Balaban J connectivity index is 1.87. The Morgan fingerprint density at radius 2 is 1.89 bits per heavy atom. The molecule has 4 aliphatic rings. The van der Waals surface area contributed by atoms with E-state index in [4.69, 9.17) is 10.5 Å². The van der Waals surface area contributed by atoms with Crippen molar-refractivity contribution in [3.63, 3.8) is 0 Å². The van der Waals surface area contributed by atoms with E-state index < -0.39 is 28.9 Å². The van der Waals surface area contributed by atoms with Crippen molar-refractivity contribution in [3.05, 3.63) is 0 Å². The van der Waals surface area contributed by atoms with Gasteiger partial charge in [-0.3, -0.25) is 0 Å². The highest BCUT2D eigenvalue weighted by atomic mass is 19.4. The molecule has 0 aromatic heterocycles. The summed E-state index contributed by atoms with van der Waals surface area (Å²) in [6.45, 7) is 0. The number of alkyl halides is 3. The van der Waals surface area contributed by atoms with Gasteiger partial charge in [0, 0.05) is 18.4 Å². The molecule has 0 aromatic carbocycles. The lowest BCUT2D eigenvalue weighted by Crippen LogP contribution is -2.70. The highest BCUT2D eigenvalue weighted by Gasteiger charge is 2.64. The molecule has 4 bridgehead atoms. The van der Waals surface area contributed by atoms with E-state index in [1.807, 2.05) is 0 Å². The van der Waals surface area contributed by atoms with Crippen molar-refractivity contribution in [1.29, 1.82) is 0 Å². The van der Waals surface area contributed by atoms with Crippen LogP contribution in [0.3, 0.4) is 0 Å². The number of carbonyl (C=O) groups excluding carboxylic acids is 1. The summed E-state index contributed by atoms with van der Waals surface area (Å²) >= 11 is 0. The molecule has 4 saturated carbocycles. The molecule has 4 atom stereocenters. The molecule has 0 radical (unpaired) electrons. The fraction of sp³-hybridized carbons (Fsp3) is 0.917. The van der Waals surface area contributed by atoms with E-state index in [1.54, 1.807) is 0 Å². The molecule has 4 nitrogen and oxygen atoms in total. The lowest BCUT2D eigenvalue weighted by Gasteiger charge is -2.62. The normalized spacial score (nSPS) is 48.4. The molecule has 0 spiro atoms. The number of ether oxygens (including phenoxy) is 1. The molecule has 0 heterocycles. The summed E-state index contributed by atoms with van der Waals surface area (Å²) in [5, 5.41) is 10.4. The monoisotopic (exact) mass is 279 g/mol. The van der Waals surface area contributed by atoms with Gasteiger partial charge in [-0.1, -0.05) is 0 Å². The van der Waals surface area contributed by atoms with Gasteiger partial charge in [0.25, 0.3) is 0 Å². The molecule has 0 amide bonds.